The number of aromatic nitrogens is 1. The summed E-state index contributed by atoms with van der Waals surface area (Å²) in [7, 11) is 1.60. The van der Waals surface area contributed by atoms with Crippen LogP contribution in [0, 0.1) is 0 Å². The average molecular weight is 301 g/mol. The van der Waals surface area contributed by atoms with Crippen LogP contribution in [0.1, 0.15) is 0 Å². The van der Waals surface area contributed by atoms with Crippen LogP contribution in [0.3, 0.4) is 0 Å². The van der Waals surface area contributed by atoms with Crippen LogP contribution in [-0.2, 0) is 0 Å². The fourth-order valence-electron chi connectivity index (χ4n) is 2.01. The van der Waals surface area contributed by atoms with Gasteiger partial charge in [-0.1, -0.05) is 11.6 Å². The lowest BCUT2D eigenvalue weighted by Gasteiger charge is -2.08. The van der Waals surface area contributed by atoms with Gasteiger partial charge in [-0.05, 0) is 36.4 Å². The Morgan fingerprint density at radius 1 is 1.00 bits per heavy atom. The monoisotopic (exact) mass is 300 g/mol. The minimum Gasteiger partial charge on any atom is -0.497 e. The molecular formula is C16H13ClN2O2. The van der Waals surface area contributed by atoms with Crippen molar-refractivity contribution in [1.82, 2.24) is 4.98 Å². The first kappa shape index (κ1) is 13.5. The fraction of sp³-hybridized carbons (Fsp3) is 0.0625. The van der Waals surface area contributed by atoms with E-state index in [2.05, 4.69) is 4.98 Å². The van der Waals surface area contributed by atoms with Gasteiger partial charge < -0.3 is 15.2 Å². The molecule has 0 amide bonds. The van der Waals surface area contributed by atoms with Crippen molar-refractivity contribution in [2.24, 2.45) is 0 Å². The van der Waals surface area contributed by atoms with Gasteiger partial charge in [0.25, 0.3) is 0 Å². The topological polar surface area (TPSA) is 57.4 Å². The van der Waals surface area contributed by atoms with E-state index in [0.29, 0.717) is 33.6 Å². The van der Waals surface area contributed by atoms with Crippen molar-refractivity contribution in [3.63, 3.8) is 0 Å². The van der Waals surface area contributed by atoms with Crippen molar-refractivity contribution in [3.8, 4) is 17.4 Å². The summed E-state index contributed by atoms with van der Waals surface area (Å²) in [5.74, 6) is 1.84. The summed E-state index contributed by atoms with van der Waals surface area (Å²) in [5, 5.41) is 1.56. The van der Waals surface area contributed by atoms with Crippen LogP contribution < -0.4 is 15.2 Å². The van der Waals surface area contributed by atoms with Crippen molar-refractivity contribution < 1.29 is 9.47 Å². The van der Waals surface area contributed by atoms with E-state index < -0.39 is 0 Å². The zero-order valence-corrected chi connectivity index (χ0v) is 12.1. The van der Waals surface area contributed by atoms with Gasteiger partial charge in [0.05, 0.1) is 18.3 Å². The molecule has 0 saturated carbocycles. The van der Waals surface area contributed by atoms with Crippen LogP contribution in [0.15, 0.2) is 48.5 Å². The Hall–Kier alpha value is -2.46. The highest BCUT2D eigenvalue weighted by Gasteiger charge is 2.06. The van der Waals surface area contributed by atoms with Gasteiger partial charge in [-0.15, -0.1) is 0 Å². The highest BCUT2D eigenvalue weighted by atomic mass is 35.5. The van der Waals surface area contributed by atoms with Crippen LogP contribution in [0.4, 0.5) is 5.69 Å². The SMILES string of the molecule is COc1cc(N)c2nc(Oc3ccc(Cl)cc3)ccc2c1. The summed E-state index contributed by atoms with van der Waals surface area (Å²) in [4.78, 5) is 4.43. The van der Waals surface area contributed by atoms with Gasteiger partial charge in [-0.25, -0.2) is 4.98 Å². The maximum atomic E-state index is 6.00. The lowest BCUT2D eigenvalue weighted by Crippen LogP contribution is -1.94. The number of anilines is 1. The molecule has 0 radical (unpaired) electrons. The van der Waals surface area contributed by atoms with E-state index in [1.54, 1.807) is 43.5 Å². The Balaban J connectivity index is 1.97. The van der Waals surface area contributed by atoms with Gasteiger partial charge in [0.1, 0.15) is 11.5 Å². The number of halogens is 1. The molecule has 3 aromatic rings. The largest absolute Gasteiger partial charge is 0.497 e. The third-order valence-corrected chi connectivity index (χ3v) is 3.29. The molecule has 0 bridgehead atoms. The van der Waals surface area contributed by atoms with Crippen molar-refractivity contribution in [1.29, 1.82) is 0 Å². The molecule has 2 N–H and O–H groups in total. The molecule has 0 atom stereocenters. The molecule has 0 saturated heterocycles. The predicted molar refractivity (Wildman–Crippen MR) is 84.2 cm³/mol. The van der Waals surface area contributed by atoms with Crippen LogP contribution >= 0.6 is 11.6 Å². The Kier molecular flexibility index (Phi) is 3.54. The molecule has 2 aromatic carbocycles. The summed E-state index contributed by atoms with van der Waals surface area (Å²) in [6, 6.07) is 14.4. The summed E-state index contributed by atoms with van der Waals surface area (Å²) >= 11 is 5.84. The number of benzene rings is 2. The minimum atomic E-state index is 0.474. The molecular weight excluding hydrogens is 288 g/mol. The molecule has 0 aliphatic rings. The number of hydrogen-bond acceptors (Lipinski definition) is 4. The summed E-state index contributed by atoms with van der Waals surface area (Å²) in [5.41, 5.74) is 7.23. The molecule has 0 spiro atoms. The van der Waals surface area contributed by atoms with E-state index in [0.717, 1.165) is 5.39 Å². The first-order valence-corrected chi connectivity index (χ1v) is 6.71. The second-order valence-electron chi connectivity index (χ2n) is 4.49. The lowest BCUT2D eigenvalue weighted by atomic mass is 10.2. The lowest BCUT2D eigenvalue weighted by molar-refractivity contribution is 0.415. The molecule has 106 valence electrons. The molecule has 3 rings (SSSR count). The number of nitrogens with two attached hydrogens (primary N) is 1. The van der Waals surface area contributed by atoms with Gasteiger partial charge >= 0.3 is 0 Å². The molecule has 0 aliphatic heterocycles. The quantitative estimate of drug-likeness (QED) is 0.734. The van der Waals surface area contributed by atoms with E-state index in [1.165, 1.54) is 0 Å². The first-order chi connectivity index (χ1) is 10.2. The molecule has 21 heavy (non-hydrogen) atoms. The number of pyridine rings is 1. The molecule has 1 aromatic heterocycles. The zero-order valence-electron chi connectivity index (χ0n) is 11.3. The first-order valence-electron chi connectivity index (χ1n) is 6.33. The predicted octanol–water partition coefficient (Wildman–Crippen LogP) is 4.27. The Morgan fingerprint density at radius 2 is 1.76 bits per heavy atom. The smallest absolute Gasteiger partial charge is 0.219 e. The van der Waals surface area contributed by atoms with Crippen molar-refractivity contribution in [3.05, 3.63) is 53.6 Å². The maximum Gasteiger partial charge on any atom is 0.219 e. The standard InChI is InChI=1S/C16H13ClN2O2/c1-20-13-8-10-2-7-15(19-16(10)14(18)9-13)21-12-5-3-11(17)4-6-12/h2-9H,18H2,1H3. The van der Waals surface area contributed by atoms with Gasteiger partial charge in [0, 0.05) is 22.5 Å². The molecule has 5 heteroatoms. The summed E-state index contributed by atoms with van der Waals surface area (Å²) in [6.45, 7) is 0. The van der Waals surface area contributed by atoms with E-state index >= 15 is 0 Å². The van der Waals surface area contributed by atoms with Gasteiger partial charge in [0.15, 0.2) is 0 Å². The number of fused-ring (bicyclic) bond motifs is 1. The number of hydrogen-bond donors (Lipinski definition) is 1. The van der Waals surface area contributed by atoms with E-state index in [-0.39, 0.29) is 0 Å². The number of rotatable bonds is 3. The maximum absolute atomic E-state index is 6.00. The van der Waals surface area contributed by atoms with E-state index in [4.69, 9.17) is 26.8 Å². The normalized spacial score (nSPS) is 10.6. The molecule has 4 nitrogen and oxygen atoms in total. The highest BCUT2D eigenvalue weighted by molar-refractivity contribution is 6.30. The van der Waals surface area contributed by atoms with Crippen LogP contribution in [-0.4, -0.2) is 12.1 Å². The Morgan fingerprint density at radius 3 is 2.48 bits per heavy atom. The van der Waals surface area contributed by atoms with Gasteiger partial charge in [-0.3, -0.25) is 0 Å². The van der Waals surface area contributed by atoms with Crippen molar-refractivity contribution in [2.75, 3.05) is 12.8 Å². The van der Waals surface area contributed by atoms with Crippen molar-refractivity contribution >= 4 is 28.2 Å². The fourth-order valence-corrected chi connectivity index (χ4v) is 2.14. The third kappa shape index (κ3) is 2.85. The zero-order chi connectivity index (χ0) is 14.8. The second kappa shape index (κ2) is 5.50. The van der Waals surface area contributed by atoms with Crippen molar-refractivity contribution in [2.45, 2.75) is 0 Å². The second-order valence-corrected chi connectivity index (χ2v) is 4.93. The van der Waals surface area contributed by atoms with Crippen LogP contribution in [0.5, 0.6) is 17.4 Å². The van der Waals surface area contributed by atoms with Crippen LogP contribution in [0.25, 0.3) is 10.9 Å². The average Bonchev–Trinajstić information content (AvgIpc) is 2.50. The van der Waals surface area contributed by atoms with Gasteiger partial charge in [0.2, 0.25) is 5.88 Å². The minimum absolute atomic E-state index is 0.474. The summed E-state index contributed by atoms with van der Waals surface area (Å²) in [6.07, 6.45) is 0. The molecule has 0 fully saturated rings. The molecule has 0 unspecified atom stereocenters. The number of nitrogens with zero attached hydrogens (tertiary/aromatic N) is 1. The van der Waals surface area contributed by atoms with E-state index in [9.17, 15) is 0 Å². The van der Waals surface area contributed by atoms with Crippen LogP contribution in [0.2, 0.25) is 5.02 Å². The highest BCUT2D eigenvalue weighted by Crippen LogP contribution is 2.29. The summed E-state index contributed by atoms with van der Waals surface area (Å²) < 4.78 is 10.9. The molecule has 0 aliphatic carbocycles. The third-order valence-electron chi connectivity index (χ3n) is 3.04. The van der Waals surface area contributed by atoms with Gasteiger partial charge in [-0.2, -0.15) is 0 Å². The molecule has 1 heterocycles. The number of nitrogen functional groups attached to an aromatic ring is 1. The van der Waals surface area contributed by atoms with E-state index in [1.807, 2.05) is 12.1 Å². The number of methoxy groups -OCH3 is 1. The number of ether oxygens (including phenoxy) is 2. The Labute approximate surface area is 127 Å². The Bertz CT molecular complexity index is 788.